The molecule has 1 fully saturated rings. The number of piperidine rings is 1. The predicted molar refractivity (Wildman–Crippen MR) is 101 cm³/mol. The van der Waals surface area contributed by atoms with Gasteiger partial charge >= 0.3 is 0 Å². The van der Waals surface area contributed by atoms with Crippen LogP contribution in [0.5, 0.6) is 0 Å². The lowest BCUT2D eigenvalue weighted by molar-refractivity contribution is 0.101. The molecule has 1 aromatic carbocycles. The first kappa shape index (κ1) is 18.5. The molecule has 1 amide bonds. The number of nitrogens with two attached hydrogens (primary N) is 1. The van der Waals surface area contributed by atoms with Crippen molar-refractivity contribution < 1.29 is 13.2 Å². The number of rotatable bonds is 4. The SMILES string of the molecule is CC1CCCN(S(=O)(=O)c2cc(C(=O)Nc3ccccc3N)n(C)c2)C1. The second-order valence-corrected chi connectivity index (χ2v) is 8.76. The number of aromatic nitrogens is 1. The second-order valence-electron chi connectivity index (χ2n) is 6.82. The number of nitrogen functional groups attached to an aromatic ring is 1. The Bertz CT molecular complexity index is 920. The molecule has 0 saturated carbocycles. The summed E-state index contributed by atoms with van der Waals surface area (Å²) in [4.78, 5) is 12.7. The van der Waals surface area contributed by atoms with Crippen molar-refractivity contribution >= 4 is 27.3 Å². The average Bonchev–Trinajstić information content (AvgIpc) is 2.99. The van der Waals surface area contributed by atoms with Crippen molar-refractivity contribution in [3.63, 3.8) is 0 Å². The van der Waals surface area contributed by atoms with Crippen molar-refractivity contribution in [2.24, 2.45) is 13.0 Å². The minimum absolute atomic E-state index is 0.139. The fourth-order valence-corrected chi connectivity index (χ4v) is 4.88. The molecule has 7 nitrogen and oxygen atoms in total. The van der Waals surface area contributed by atoms with Gasteiger partial charge in [0.05, 0.1) is 11.4 Å². The molecular weight excluding hydrogens is 352 g/mol. The van der Waals surface area contributed by atoms with Crippen LogP contribution in [0.1, 0.15) is 30.3 Å². The summed E-state index contributed by atoms with van der Waals surface area (Å²) in [5.41, 5.74) is 7.05. The summed E-state index contributed by atoms with van der Waals surface area (Å²) in [6.45, 7) is 3.08. The van der Waals surface area contributed by atoms with Gasteiger partial charge in [-0.3, -0.25) is 4.79 Å². The number of anilines is 2. The van der Waals surface area contributed by atoms with Gasteiger partial charge in [-0.15, -0.1) is 0 Å². The van der Waals surface area contributed by atoms with Crippen LogP contribution in [0.4, 0.5) is 11.4 Å². The van der Waals surface area contributed by atoms with Gasteiger partial charge in [0.2, 0.25) is 10.0 Å². The zero-order valence-corrected chi connectivity index (χ0v) is 15.8. The third-order valence-corrected chi connectivity index (χ3v) is 6.51. The molecule has 0 bridgehead atoms. The molecule has 1 aliphatic heterocycles. The van der Waals surface area contributed by atoms with E-state index in [2.05, 4.69) is 12.2 Å². The molecule has 1 aromatic heterocycles. The average molecular weight is 376 g/mol. The van der Waals surface area contributed by atoms with E-state index in [9.17, 15) is 13.2 Å². The lowest BCUT2D eigenvalue weighted by atomic mass is 10.0. The summed E-state index contributed by atoms with van der Waals surface area (Å²) >= 11 is 0. The van der Waals surface area contributed by atoms with E-state index in [1.807, 2.05) is 0 Å². The van der Waals surface area contributed by atoms with Crippen molar-refractivity contribution in [3.8, 4) is 0 Å². The first-order chi connectivity index (χ1) is 12.3. The molecule has 1 atom stereocenters. The minimum Gasteiger partial charge on any atom is -0.397 e. The van der Waals surface area contributed by atoms with E-state index < -0.39 is 15.9 Å². The quantitative estimate of drug-likeness (QED) is 0.800. The summed E-state index contributed by atoms with van der Waals surface area (Å²) in [6.07, 6.45) is 3.37. The topological polar surface area (TPSA) is 97.4 Å². The van der Waals surface area contributed by atoms with E-state index in [0.717, 1.165) is 12.8 Å². The summed E-state index contributed by atoms with van der Waals surface area (Å²) in [5.74, 6) is -0.0649. The highest BCUT2D eigenvalue weighted by Gasteiger charge is 2.30. The van der Waals surface area contributed by atoms with Gasteiger partial charge in [0.1, 0.15) is 10.6 Å². The van der Waals surface area contributed by atoms with E-state index in [-0.39, 0.29) is 10.6 Å². The monoisotopic (exact) mass is 376 g/mol. The van der Waals surface area contributed by atoms with Gasteiger partial charge < -0.3 is 15.6 Å². The van der Waals surface area contributed by atoms with E-state index in [4.69, 9.17) is 5.73 Å². The van der Waals surface area contributed by atoms with E-state index in [1.54, 1.807) is 31.3 Å². The Labute approximate surface area is 153 Å². The van der Waals surface area contributed by atoms with Crippen LogP contribution < -0.4 is 11.1 Å². The van der Waals surface area contributed by atoms with Crippen LogP contribution in [0.25, 0.3) is 0 Å². The highest BCUT2D eigenvalue weighted by atomic mass is 32.2. The number of para-hydroxylation sites is 2. The van der Waals surface area contributed by atoms with Gasteiger partial charge in [-0.1, -0.05) is 19.1 Å². The van der Waals surface area contributed by atoms with E-state index >= 15 is 0 Å². The number of nitrogens with one attached hydrogen (secondary N) is 1. The van der Waals surface area contributed by atoms with Gasteiger partial charge in [-0.05, 0) is 37.0 Å². The van der Waals surface area contributed by atoms with Crippen LogP contribution in [0.3, 0.4) is 0 Å². The maximum absolute atomic E-state index is 12.9. The molecule has 140 valence electrons. The second kappa shape index (κ2) is 7.13. The van der Waals surface area contributed by atoms with E-state index in [0.29, 0.717) is 30.4 Å². The highest BCUT2D eigenvalue weighted by Crippen LogP contribution is 2.25. The third-order valence-electron chi connectivity index (χ3n) is 4.68. The van der Waals surface area contributed by atoms with Crippen LogP contribution in [-0.2, 0) is 17.1 Å². The number of carbonyl (C=O) groups excluding carboxylic acids is 1. The molecule has 2 heterocycles. The number of nitrogens with zero attached hydrogens (tertiary/aromatic N) is 2. The molecule has 1 unspecified atom stereocenters. The smallest absolute Gasteiger partial charge is 0.272 e. The summed E-state index contributed by atoms with van der Waals surface area (Å²) < 4.78 is 28.8. The molecule has 3 N–H and O–H groups in total. The molecule has 0 radical (unpaired) electrons. The fraction of sp³-hybridized carbons (Fsp3) is 0.389. The molecule has 8 heteroatoms. The van der Waals surface area contributed by atoms with Crippen LogP contribution in [-0.4, -0.2) is 36.3 Å². The Hall–Kier alpha value is -2.32. The number of sulfonamides is 1. The van der Waals surface area contributed by atoms with Gasteiger partial charge in [0, 0.05) is 26.3 Å². The third kappa shape index (κ3) is 3.61. The fourth-order valence-electron chi connectivity index (χ4n) is 3.21. The predicted octanol–water partition coefficient (Wildman–Crippen LogP) is 2.28. The lowest BCUT2D eigenvalue weighted by Crippen LogP contribution is -2.38. The van der Waals surface area contributed by atoms with Crippen molar-refractivity contribution in [1.29, 1.82) is 0 Å². The van der Waals surface area contributed by atoms with Crippen LogP contribution in [0.2, 0.25) is 0 Å². The molecular formula is C18H24N4O3S. The van der Waals surface area contributed by atoms with Crippen LogP contribution in [0, 0.1) is 5.92 Å². The zero-order valence-electron chi connectivity index (χ0n) is 15.0. The van der Waals surface area contributed by atoms with Crippen molar-refractivity contribution in [2.75, 3.05) is 24.1 Å². The number of benzene rings is 1. The van der Waals surface area contributed by atoms with Gasteiger partial charge in [0.25, 0.3) is 5.91 Å². The van der Waals surface area contributed by atoms with Crippen molar-refractivity contribution in [3.05, 3.63) is 42.2 Å². The zero-order chi connectivity index (χ0) is 18.9. The highest BCUT2D eigenvalue weighted by molar-refractivity contribution is 7.89. The lowest BCUT2D eigenvalue weighted by Gasteiger charge is -2.29. The first-order valence-corrected chi connectivity index (χ1v) is 10.1. The Balaban J connectivity index is 1.84. The Morgan fingerprint density at radius 3 is 2.73 bits per heavy atom. The molecule has 1 aliphatic rings. The first-order valence-electron chi connectivity index (χ1n) is 8.61. The van der Waals surface area contributed by atoms with Crippen molar-refractivity contribution in [1.82, 2.24) is 8.87 Å². The number of hydrogen-bond acceptors (Lipinski definition) is 4. The maximum atomic E-state index is 12.9. The van der Waals surface area contributed by atoms with Gasteiger partial charge in [-0.2, -0.15) is 4.31 Å². The molecule has 26 heavy (non-hydrogen) atoms. The summed E-state index contributed by atoms with van der Waals surface area (Å²) in [7, 11) is -1.95. The van der Waals surface area contributed by atoms with Crippen LogP contribution >= 0.6 is 0 Å². The Morgan fingerprint density at radius 1 is 1.31 bits per heavy atom. The molecule has 1 saturated heterocycles. The van der Waals surface area contributed by atoms with Crippen molar-refractivity contribution in [2.45, 2.75) is 24.7 Å². The molecule has 2 aromatic rings. The molecule has 0 aliphatic carbocycles. The number of carbonyl (C=O) groups is 1. The number of hydrogen-bond donors (Lipinski definition) is 2. The van der Waals surface area contributed by atoms with Gasteiger partial charge in [0.15, 0.2) is 0 Å². The van der Waals surface area contributed by atoms with Gasteiger partial charge in [-0.25, -0.2) is 8.42 Å². The summed E-state index contributed by atoms with van der Waals surface area (Å²) in [5, 5.41) is 2.73. The molecule has 3 rings (SSSR count). The summed E-state index contributed by atoms with van der Waals surface area (Å²) in [6, 6.07) is 8.35. The Morgan fingerprint density at radius 2 is 2.04 bits per heavy atom. The number of aryl methyl sites for hydroxylation is 1. The minimum atomic E-state index is -3.60. The van der Waals surface area contributed by atoms with E-state index in [1.165, 1.54) is 21.1 Å². The maximum Gasteiger partial charge on any atom is 0.272 e. The van der Waals surface area contributed by atoms with Crippen LogP contribution in [0.15, 0.2) is 41.4 Å². The molecule has 0 spiro atoms. The standard InChI is InChI=1S/C18H24N4O3S/c1-13-6-5-9-22(11-13)26(24,25)14-10-17(21(2)12-14)18(23)20-16-8-4-3-7-15(16)19/h3-4,7-8,10,12-13H,5-6,9,11,19H2,1-2H3,(H,20,23). The Kier molecular flexibility index (Phi) is 5.06. The largest absolute Gasteiger partial charge is 0.397 e. The number of amides is 1. The normalized spacial score (nSPS) is 18.6.